The van der Waals surface area contributed by atoms with Crippen LogP contribution in [-0.2, 0) is 17.9 Å². The third-order valence-electron chi connectivity index (χ3n) is 7.23. The first-order chi connectivity index (χ1) is 16.1. The monoisotopic (exact) mass is 443 g/mol. The molecule has 1 fully saturated rings. The second kappa shape index (κ2) is 8.96. The van der Waals surface area contributed by atoms with E-state index in [1.54, 1.807) is 0 Å². The molecule has 2 N–H and O–H groups in total. The summed E-state index contributed by atoms with van der Waals surface area (Å²) in [7, 11) is 0. The van der Waals surface area contributed by atoms with Crippen LogP contribution in [0.4, 0.5) is 0 Å². The van der Waals surface area contributed by atoms with Crippen molar-refractivity contribution < 1.29 is 9.90 Å². The molecule has 2 bridgehead atoms. The third kappa shape index (κ3) is 3.69. The molecule has 3 heterocycles. The van der Waals surface area contributed by atoms with Crippen LogP contribution >= 0.6 is 0 Å². The van der Waals surface area contributed by atoms with Gasteiger partial charge in [-0.05, 0) is 29.8 Å². The van der Waals surface area contributed by atoms with Crippen molar-refractivity contribution in [2.24, 2.45) is 11.8 Å². The molecule has 1 amide bonds. The van der Waals surface area contributed by atoms with E-state index in [-0.39, 0.29) is 36.1 Å². The van der Waals surface area contributed by atoms with Crippen LogP contribution in [0.25, 0.3) is 11.1 Å². The lowest BCUT2D eigenvalue weighted by molar-refractivity contribution is -0.127. The maximum atomic E-state index is 13.5. The van der Waals surface area contributed by atoms with Crippen LogP contribution < -0.4 is 10.9 Å². The maximum absolute atomic E-state index is 13.5. The lowest BCUT2D eigenvalue weighted by atomic mass is 9.86. The number of aliphatic hydroxyl groups excluding tert-OH is 1. The van der Waals surface area contributed by atoms with Crippen LogP contribution in [-0.4, -0.2) is 39.7 Å². The number of carbonyl (C=O) groups excluding carboxylic acids is 1. The van der Waals surface area contributed by atoms with Crippen LogP contribution in [0.3, 0.4) is 0 Å². The number of nitrogens with one attached hydrogen (secondary N) is 1. The molecule has 0 saturated carbocycles. The minimum atomic E-state index is -0.417. The first-order valence-electron chi connectivity index (χ1n) is 11.6. The topological polar surface area (TPSA) is 74.6 Å². The Morgan fingerprint density at radius 1 is 1.03 bits per heavy atom. The van der Waals surface area contributed by atoms with Gasteiger partial charge in [-0.3, -0.25) is 14.5 Å². The summed E-state index contributed by atoms with van der Waals surface area (Å²) in [6.45, 7) is 3.66. The molecule has 6 heteroatoms. The average molecular weight is 444 g/mol. The number of amides is 1. The molecule has 0 spiro atoms. The van der Waals surface area contributed by atoms with Gasteiger partial charge in [0.15, 0.2) is 0 Å². The highest BCUT2D eigenvalue weighted by molar-refractivity contribution is 5.80. The van der Waals surface area contributed by atoms with Gasteiger partial charge in [-0.1, -0.05) is 67.6 Å². The maximum Gasteiger partial charge on any atom is 0.258 e. The van der Waals surface area contributed by atoms with Gasteiger partial charge in [0.05, 0.1) is 12.0 Å². The number of benzene rings is 2. The number of fused-ring (bicyclic) bond motifs is 4. The Bertz CT molecular complexity index is 1190. The Hall–Kier alpha value is -3.22. The number of pyridine rings is 1. The second-order valence-electron chi connectivity index (χ2n) is 8.87. The second-order valence-corrected chi connectivity index (χ2v) is 8.87. The van der Waals surface area contributed by atoms with E-state index in [0.29, 0.717) is 18.7 Å². The highest BCUT2D eigenvalue weighted by Crippen LogP contribution is 2.48. The number of nitrogens with zero attached hydrogens (tertiary/aromatic N) is 2. The lowest BCUT2D eigenvalue weighted by Crippen LogP contribution is -2.46. The number of aromatic nitrogens is 1. The molecule has 2 aromatic carbocycles. The van der Waals surface area contributed by atoms with Gasteiger partial charge in [0.2, 0.25) is 5.91 Å². The van der Waals surface area contributed by atoms with Gasteiger partial charge < -0.3 is 15.0 Å². The fourth-order valence-electron chi connectivity index (χ4n) is 5.70. The van der Waals surface area contributed by atoms with Crippen molar-refractivity contribution in [3.63, 3.8) is 0 Å². The van der Waals surface area contributed by atoms with E-state index in [1.807, 2.05) is 77.4 Å². The number of carbonyl (C=O) groups is 1. The Morgan fingerprint density at radius 2 is 1.73 bits per heavy atom. The fourth-order valence-corrected chi connectivity index (χ4v) is 5.70. The van der Waals surface area contributed by atoms with E-state index in [0.717, 1.165) is 23.4 Å². The lowest BCUT2D eigenvalue weighted by Gasteiger charge is -2.37. The molecule has 33 heavy (non-hydrogen) atoms. The first kappa shape index (κ1) is 21.6. The molecule has 0 aliphatic carbocycles. The summed E-state index contributed by atoms with van der Waals surface area (Å²) in [4.78, 5) is 29.2. The standard InChI is InChI=1S/C27H29N3O3/c1-2-29-23-16-30-22(14-13-20(27(30)33)19-11-7-4-8-12-19)25(29)24(21(23)17-31)26(32)28-15-18-9-5-3-6-10-18/h3-14,21,23-25,31H,2,15-17H2,1H3,(H,28,32)/t21-,23-,24+,25+/m0/s1. The van der Waals surface area contributed by atoms with Crippen LogP contribution in [0.2, 0.25) is 0 Å². The van der Waals surface area contributed by atoms with Gasteiger partial charge in [-0.2, -0.15) is 0 Å². The Morgan fingerprint density at radius 3 is 2.39 bits per heavy atom. The molecule has 2 aliphatic rings. The first-order valence-corrected chi connectivity index (χ1v) is 11.6. The largest absolute Gasteiger partial charge is 0.396 e. The number of hydrogen-bond acceptors (Lipinski definition) is 4. The predicted molar refractivity (Wildman–Crippen MR) is 127 cm³/mol. The van der Waals surface area contributed by atoms with E-state index in [4.69, 9.17) is 0 Å². The van der Waals surface area contributed by atoms with Gasteiger partial charge in [-0.25, -0.2) is 0 Å². The summed E-state index contributed by atoms with van der Waals surface area (Å²) >= 11 is 0. The SMILES string of the molecule is CCN1[C@@H]2c3ccc(-c4ccccc4)c(=O)n3C[C@H]1[C@H](CO)[C@H]2C(=O)NCc1ccccc1. The predicted octanol–water partition coefficient (Wildman–Crippen LogP) is 2.82. The zero-order chi connectivity index (χ0) is 22.9. The van der Waals surface area contributed by atoms with Crippen molar-refractivity contribution in [2.45, 2.75) is 32.1 Å². The highest BCUT2D eigenvalue weighted by atomic mass is 16.3. The summed E-state index contributed by atoms with van der Waals surface area (Å²) in [6, 6.07) is 23.1. The van der Waals surface area contributed by atoms with Crippen LogP contribution in [0.1, 0.15) is 24.2 Å². The van der Waals surface area contributed by atoms with E-state index >= 15 is 0 Å². The molecule has 1 aromatic heterocycles. The van der Waals surface area contributed by atoms with Crippen LogP contribution in [0.5, 0.6) is 0 Å². The van der Waals surface area contributed by atoms with Crippen molar-refractivity contribution in [1.82, 2.24) is 14.8 Å². The van der Waals surface area contributed by atoms with Gasteiger partial charge in [0, 0.05) is 42.9 Å². The zero-order valence-electron chi connectivity index (χ0n) is 18.7. The van der Waals surface area contributed by atoms with Crippen molar-refractivity contribution in [1.29, 1.82) is 0 Å². The number of likely N-dealkylation sites (N-methyl/N-ethyl adjacent to an activating group) is 1. The summed E-state index contributed by atoms with van der Waals surface area (Å²) in [5.74, 6) is -0.721. The Labute approximate surface area is 193 Å². The quantitative estimate of drug-likeness (QED) is 0.615. The smallest absolute Gasteiger partial charge is 0.258 e. The van der Waals surface area contributed by atoms with Crippen molar-refractivity contribution >= 4 is 5.91 Å². The van der Waals surface area contributed by atoms with Crippen molar-refractivity contribution in [3.05, 3.63) is 94.4 Å². The van der Waals surface area contributed by atoms with E-state index in [2.05, 4.69) is 17.1 Å². The number of rotatable bonds is 6. The molecular weight excluding hydrogens is 414 g/mol. The number of aliphatic hydroxyl groups is 1. The summed E-state index contributed by atoms with van der Waals surface area (Å²) < 4.78 is 1.83. The molecule has 1 saturated heterocycles. The molecule has 2 aliphatic heterocycles. The normalized spacial score (nSPS) is 23.8. The molecule has 5 rings (SSSR count). The van der Waals surface area contributed by atoms with E-state index in [1.165, 1.54) is 0 Å². The summed E-state index contributed by atoms with van der Waals surface area (Å²) in [5.41, 5.74) is 3.40. The molecular formula is C27H29N3O3. The molecule has 0 radical (unpaired) electrons. The molecule has 6 nitrogen and oxygen atoms in total. The van der Waals surface area contributed by atoms with Gasteiger partial charge in [0.1, 0.15) is 0 Å². The van der Waals surface area contributed by atoms with Gasteiger partial charge >= 0.3 is 0 Å². The van der Waals surface area contributed by atoms with Crippen LogP contribution in [0.15, 0.2) is 77.6 Å². The average Bonchev–Trinajstić information content (AvgIpc) is 3.09. The Balaban J connectivity index is 1.51. The van der Waals surface area contributed by atoms with E-state index in [9.17, 15) is 14.7 Å². The summed E-state index contributed by atoms with van der Waals surface area (Å²) in [6.07, 6.45) is 0. The minimum Gasteiger partial charge on any atom is -0.396 e. The number of hydrogen-bond donors (Lipinski definition) is 2. The molecule has 170 valence electrons. The van der Waals surface area contributed by atoms with Crippen LogP contribution in [0, 0.1) is 11.8 Å². The molecule has 0 unspecified atom stereocenters. The molecule has 3 aromatic rings. The van der Waals surface area contributed by atoms with Gasteiger partial charge in [-0.15, -0.1) is 0 Å². The highest BCUT2D eigenvalue weighted by Gasteiger charge is 2.55. The van der Waals surface area contributed by atoms with Gasteiger partial charge in [0.25, 0.3) is 5.56 Å². The van der Waals surface area contributed by atoms with Crippen molar-refractivity contribution in [3.8, 4) is 11.1 Å². The molecule has 4 atom stereocenters. The summed E-state index contributed by atoms with van der Waals surface area (Å²) in [5, 5.41) is 13.4. The Kier molecular flexibility index (Phi) is 5.87. The van der Waals surface area contributed by atoms with Crippen molar-refractivity contribution in [2.75, 3.05) is 13.2 Å². The van der Waals surface area contributed by atoms with E-state index < -0.39 is 5.92 Å². The fraction of sp³-hybridized carbons (Fsp3) is 0.333. The zero-order valence-corrected chi connectivity index (χ0v) is 18.7. The minimum absolute atomic E-state index is 0.0357. The third-order valence-corrected chi connectivity index (χ3v) is 7.23.